The van der Waals surface area contributed by atoms with Gasteiger partial charge in [0.15, 0.2) is 0 Å². The number of anilines is 1. The molecular weight excluding hydrogens is 168 g/mol. The molecule has 0 radical (unpaired) electrons. The number of hydrogen-bond donors (Lipinski definition) is 3. The third-order valence-corrected chi connectivity index (χ3v) is 2.22. The van der Waals surface area contributed by atoms with Gasteiger partial charge in [0.2, 0.25) is 0 Å². The van der Waals surface area contributed by atoms with Crippen LogP contribution in [0.1, 0.15) is 17.2 Å². The summed E-state index contributed by atoms with van der Waals surface area (Å²) in [7, 11) is 0. The van der Waals surface area contributed by atoms with Gasteiger partial charge in [0.25, 0.3) is 0 Å². The number of fused-ring (bicyclic) bond motifs is 1. The minimum absolute atomic E-state index is 0.574. The highest BCUT2D eigenvalue weighted by Gasteiger charge is 2.27. The zero-order valence-corrected chi connectivity index (χ0v) is 6.95. The zero-order valence-electron chi connectivity index (χ0n) is 6.95. The summed E-state index contributed by atoms with van der Waals surface area (Å²) < 4.78 is 0. The fourth-order valence-electron chi connectivity index (χ4n) is 1.60. The number of hydrogen-bond acceptors (Lipinski definition) is 3. The highest BCUT2D eigenvalue weighted by atomic mass is 16.4. The second kappa shape index (κ2) is 2.74. The molecule has 0 saturated heterocycles. The first-order chi connectivity index (χ1) is 6.18. The Hall–Kier alpha value is -1.55. The van der Waals surface area contributed by atoms with E-state index in [1.165, 1.54) is 0 Å². The summed E-state index contributed by atoms with van der Waals surface area (Å²) in [6.45, 7) is 0.581. The lowest BCUT2D eigenvalue weighted by molar-refractivity contribution is -0.139. The van der Waals surface area contributed by atoms with E-state index in [2.05, 4.69) is 5.32 Å². The van der Waals surface area contributed by atoms with Crippen molar-refractivity contribution in [2.45, 2.75) is 12.6 Å². The third-order valence-electron chi connectivity index (χ3n) is 2.22. The van der Waals surface area contributed by atoms with Gasteiger partial charge in [0.05, 0.1) is 0 Å². The van der Waals surface area contributed by atoms with Crippen molar-refractivity contribution in [3.05, 3.63) is 29.3 Å². The van der Waals surface area contributed by atoms with Gasteiger partial charge < -0.3 is 10.8 Å². The van der Waals surface area contributed by atoms with Crippen molar-refractivity contribution < 1.29 is 9.90 Å². The lowest BCUT2D eigenvalue weighted by Gasteiger charge is -2.05. The van der Waals surface area contributed by atoms with Crippen molar-refractivity contribution in [2.75, 3.05) is 5.73 Å². The Morgan fingerprint density at radius 3 is 3.08 bits per heavy atom. The Morgan fingerprint density at radius 1 is 1.62 bits per heavy atom. The standard InChI is InChI=1S/C9H10N2O2/c10-6-1-2-7-5(3-6)4-11-8(7)9(12)13/h1-3,8,11H,4,10H2,(H,12,13). The average Bonchev–Trinajstić information content (AvgIpc) is 2.46. The lowest BCUT2D eigenvalue weighted by Crippen LogP contribution is -2.21. The van der Waals surface area contributed by atoms with Gasteiger partial charge in [-0.05, 0) is 23.3 Å². The van der Waals surface area contributed by atoms with Crippen molar-refractivity contribution in [3.63, 3.8) is 0 Å². The van der Waals surface area contributed by atoms with Gasteiger partial charge in [0, 0.05) is 12.2 Å². The summed E-state index contributed by atoms with van der Waals surface area (Å²) in [5.41, 5.74) is 8.05. The van der Waals surface area contributed by atoms with Gasteiger partial charge in [-0.15, -0.1) is 0 Å². The van der Waals surface area contributed by atoms with E-state index in [1.54, 1.807) is 12.1 Å². The Bertz CT molecular complexity index is 363. The number of nitrogen functional groups attached to an aromatic ring is 1. The van der Waals surface area contributed by atoms with Crippen LogP contribution in [0.3, 0.4) is 0 Å². The highest BCUT2D eigenvalue weighted by molar-refractivity contribution is 5.77. The fraction of sp³-hybridized carbons (Fsp3) is 0.222. The predicted octanol–water partition coefficient (Wildman–Crippen LogP) is 0.498. The average molecular weight is 178 g/mol. The fourth-order valence-corrected chi connectivity index (χ4v) is 1.60. The molecule has 1 unspecified atom stereocenters. The molecule has 0 aromatic heterocycles. The van der Waals surface area contributed by atoms with Crippen molar-refractivity contribution in [1.29, 1.82) is 0 Å². The Morgan fingerprint density at radius 2 is 2.38 bits per heavy atom. The maximum atomic E-state index is 10.8. The van der Waals surface area contributed by atoms with Crippen LogP contribution in [-0.4, -0.2) is 11.1 Å². The summed E-state index contributed by atoms with van der Waals surface area (Å²) >= 11 is 0. The molecular formula is C9H10N2O2. The highest BCUT2D eigenvalue weighted by Crippen LogP contribution is 2.26. The minimum atomic E-state index is -0.844. The molecule has 4 heteroatoms. The maximum absolute atomic E-state index is 10.8. The molecule has 0 spiro atoms. The van der Waals surface area contributed by atoms with E-state index in [4.69, 9.17) is 10.8 Å². The molecule has 0 saturated carbocycles. The van der Waals surface area contributed by atoms with Crippen molar-refractivity contribution in [1.82, 2.24) is 5.32 Å². The van der Waals surface area contributed by atoms with E-state index >= 15 is 0 Å². The third kappa shape index (κ3) is 1.25. The first-order valence-corrected chi connectivity index (χ1v) is 4.03. The lowest BCUT2D eigenvalue weighted by atomic mass is 10.0. The molecule has 1 atom stereocenters. The van der Waals surface area contributed by atoms with Crippen molar-refractivity contribution in [3.8, 4) is 0 Å². The number of carboxylic acids is 1. The van der Waals surface area contributed by atoms with Crippen LogP contribution in [0, 0.1) is 0 Å². The second-order valence-corrected chi connectivity index (χ2v) is 3.11. The van der Waals surface area contributed by atoms with E-state index < -0.39 is 12.0 Å². The monoisotopic (exact) mass is 178 g/mol. The van der Waals surface area contributed by atoms with Crippen LogP contribution in [-0.2, 0) is 11.3 Å². The van der Waals surface area contributed by atoms with E-state index in [1.807, 2.05) is 6.07 Å². The number of carboxylic acid groups (broad SMARTS) is 1. The maximum Gasteiger partial charge on any atom is 0.325 e. The molecule has 0 amide bonds. The Kier molecular flexibility index (Phi) is 1.70. The molecule has 1 aromatic carbocycles. The number of nitrogens with one attached hydrogen (secondary N) is 1. The largest absolute Gasteiger partial charge is 0.480 e. The van der Waals surface area contributed by atoms with Gasteiger partial charge in [-0.25, -0.2) is 0 Å². The van der Waals surface area contributed by atoms with Gasteiger partial charge in [-0.3, -0.25) is 10.1 Å². The first kappa shape index (κ1) is 8.07. The number of nitrogens with two attached hydrogens (primary N) is 1. The molecule has 13 heavy (non-hydrogen) atoms. The van der Waals surface area contributed by atoms with Crippen LogP contribution >= 0.6 is 0 Å². The summed E-state index contributed by atoms with van der Waals surface area (Å²) in [5.74, 6) is -0.844. The number of aliphatic carboxylic acids is 1. The molecule has 0 fully saturated rings. The summed E-state index contributed by atoms with van der Waals surface area (Å²) in [5, 5.41) is 11.7. The molecule has 1 heterocycles. The second-order valence-electron chi connectivity index (χ2n) is 3.11. The summed E-state index contributed by atoms with van der Waals surface area (Å²) in [4.78, 5) is 10.8. The van der Waals surface area contributed by atoms with E-state index in [-0.39, 0.29) is 0 Å². The molecule has 4 N–H and O–H groups in total. The smallest absolute Gasteiger partial charge is 0.325 e. The number of rotatable bonds is 1. The van der Waals surface area contributed by atoms with Crippen LogP contribution in [0.15, 0.2) is 18.2 Å². The van der Waals surface area contributed by atoms with Crippen molar-refractivity contribution in [2.24, 2.45) is 0 Å². The predicted molar refractivity (Wildman–Crippen MR) is 48.1 cm³/mol. The minimum Gasteiger partial charge on any atom is -0.480 e. The van der Waals surface area contributed by atoms with Gasteiger partial charge in [-0.1, -0.05) is 6.07 Å². The molecule has 2 rings (SSSR count). The molecule has 1 aromatic rings. The normalized spacial score (nSPS) is 19.8. The Labute approximate surface area is 75.4 Å². The van der Waals surface area contributed by atoms with Crippen LogP contribution in [0.25, 0.3) is 0 Å². The molecule has 4 nitrogen and oxygen atoms in total. The number of benzene rings is 1. The zero-order chi connectivity index (χ0) is 9.42. The Balaban J connectivity index is 2.44. The topological polar surface area (TPSA) is 75.3 Å². The molecule has 68 valence electrons. The van der Waals surface area contributed by atoms with E-state index in [0.29, 0.717) is 12.2 Å². The molecule has 0 aliphatic carbocycles. The van der Waals surface area contributed by atoms with Crippen LogP contribution < -0.4 is 11.1 Å². The summed E-state index contributed by atoms with van der Waals surface area (Å²) in [6.07, 6.45) is 0. The molecule has 0 bridgehead atoms. The van der Waals surface area contributed by atoms with Gasteiger partial charge >= 0.3 is 5.97 Å². The van der Waals surface area contributed by atoms with E-state index in [0.717, 1.165) is 11.1 Å². The molecule has 1 aliphatic heterocycles. The quantitative estimate of drug-likeness (QED) is 0.547. The molecule has 1 aliphatic rings. The summed E-state index contributed by atoms with van der Waals surface area (Å²) in [6, 6.07) is 4.73. The number of carbonyl (C=O) groups is 1. The van der Waals surface area contributed by atoms with Crippen LogP contribution in [0.4, 0.5) is 5.69 Å². The van der Waals surface area contributed by atoms with E-state index in [9.17, 15) is 4.79 Å². The van der Waals surface area contributed by atoms with Gasteiger partial charge in [-0.2, -0.15) is 0 Å². The SMILES string of the molecule is Nc1ccc2c(c1)CNC2C(=O)O. The van der Waals surface area contributed by atoms with Crippen LogP contribution in [0.5, 0.6) is 0 Å². The van der Waals surface area contributed by atoms with Crippen LogP contribution in [0.2, 0.25) is 0 Å². The first-order valence-electron chi connectivity index (χ1n) is 4.03. The van der Waals surface area contributed by atoms with Gasteiger partial charge in [0.1, 0.15) is 6.04 Å². The van der Waals surface area contributed by atoms with Crippen molar-refractivity contribution >= 4 is 11.7 Å².